The fraction of sp³-hybridized carbons (Fsp3) is 0.214. The number of nitrogens with zero attached hydrogens (tertiary/aromatic N) is 1. The summed E-state index contributed by atoms with van der Waals surface area (Å²) in [6.45, 7) is 0.167. The van der Waals surface area contributed by atoms with Crippen LogP contribution in [0.1, 0.15) is 12.8 Å². The summed E-state index contributed by atoms with van der Waals surface area (Å²) in [7, 11) is 0. The molecule has 1 aromatic rings. The number of benzene rings is 1. The zero-order chi connectivity index (χ0) is 15.7. The highest BCUT2D eigenvalue weighted by Gasteiger charge is 2.08. The Morgan fingerprint density at radius 2 is 2.00 bits per heavy atom. The molecule has 3 N–H and O–H groups in total. The number of nitrogens with one attached hydrogen (secondary N) is 2. The van der Waals surface area contributed by atoms with E-state index in [0.717, 1.165) is 0 Å². The van der Waals surface area contributed by atoms with Crippen molar-refractivity contribution in [2.75, 3.05) is 11.9 Å². The Morgan fingerprint density at radius 1 is 1.33 bits per heavy atom. The topological polar surface area (TPSA) is 102 Å². The molecule has 1 rings (SSSR count). The van der Waals surface area contributed by atoms with Crippen LogP contribution in [-0.4, -0.2) is 23.5 Å². The van der Waals surface area contributed by atoms with Gasteiger partial charge in [-0.15, -0.1) is 0 Å². The van der Waals surface area contributed by atoms with Gasteiger partial charge in [-0.05, 0) is 30.7 Å². The zero-order valence-corrected chi connectivity index (χ0v) is 11.1. The maximum absolute atomic E-state index is 12.7. The van der Waals surface area contributed by atoms with Crippen LogP contribution in [0.3, 0.4) is 0 Å². The molecule has 0 radical (unpaired) electrons. The second-order valence-corrected chi connectivity index (χ2v) is 4.07. The Morgan fingerprint density at radius 3 is 2.57 bits per heavy atom. The molecule has 0 unspecified atom stereocenters. The molecule has 7 heteroatoms. The Bertz CT molecular complexity index is 576. The molecule has 0 atom stereocenters. The first-order valence-corrected chi connectivity index (χ1v) is 6.15. The van der Waals surface area contributed by atoms with E-state index in [1.807, 2.05) is 0 Å². The minimum Gasteiger partial charge on any atom is -0.481 e. The van der Waals surface area contributed by atoms with Crippen molar-refractivity contribution in [1.82, 2.24) is 5.32 Å². The van der Waals surface area contributed by atoms with Gasteiger partial charge in [-0.2, -0.15) is 5.26 Å². The van der Waals surface area contributed by atoms with Gasteiger partial charge in [0.05, 0.1) is 0 Å². The number of rotatable bonds is 7. The monoisotopic (exact) mass is 291 g/mol. The summed E-state index contributed by atoms with van der Waals surface area (Å²) < 4.78 is 12.7. The Hall–Kier alpha value is -2.88. The molecule has 1 aromatic carbocycles. The molecular weight excluding hydrogens is 277 g/mol. The molecule has 6 nitrogen and oxygen atoms in total. The van der Waals surface area contributed by atoms with E-state index in [4.69, 9.17) is 10.4 Å². The van der Waals surface area contributed by atoms with Crippen molar-refractivity contribution in [3.63, 3.8) is 0 Å². The normalized spacial score (nSPS) is 10.6. The second kappa shape index (κ2) is 8.32. The van der Waals surface area contributed by atoms with E-state index in [0.29, 0.717) is 5.69 Å². The van der Waals surface area contributed by atoms with Crippen LogP contribution < -0.4 is 10.6 Å². The van der Waals surface area contributed by atoms with Gasteiger partial charge in [-0.3, -0.25) is 9.59 Å². The number of halogens is 1. The lowest BCUT2D eigenvalue weighted by atomic mass is 10.2. The van der Waals surface area contributed by atoms with Crippen molar-refractivity contribution in [1.29, 1.82) is 5.26 Å². The van der Waals surface area contributed by atoms with Crippen molar-refractivity contribution in [3.8, 4) is 6.07 Å². The standard InChI is InChI=1S/C14H14FN3O3/c15-11-3-5-12(6-4-11)18-9-10(8-16)14(21)17-7-1-2-13(19)20/h3-6,9,18H,1-2,7H2,(H,17,21)(H,19,20)/b10-9-. The first-order valence-electron chi connectivity index (χ1n) is 6.15. The van der Waals surface area contributed by atoms with E-state index in [1.165, 1.54) is 30.5 Å². The summed E-state index contributed by atoms with van der Waals surface area (Å²) in [5.74, 6) is -1.93. The number of aliphatic carboxylic acids is 1. The molecule has 0 spiro atoms. The van der Waals surface area contributed by atoms with Crippen LogP contribution in [0, 0.1) is 17.1 Å². The average molecular weight is 291 g/mol. The third-order valence-corrected chi connectivity index (χ3v) is 2.45. The van der Waals surface area contributed by atoms with Gasteiger partial charge in [0.25, 0.3) is 5.91 Å². The third kappa shape index (κ3) is 6.20. The highest BCUT2D eigenvalue weighted by molar-refractivity contribution is 5.97. The number of hydrogen-bond donors (Lipinski definition) is 3. The van der Waals surface area contributed by atoms with Crippen LogP contribution in [0.15, 0.2) is 36.0 Å². The fourth-order valence-corrected chi connectivity index (χ4v) is 1.39. The first kappa shape index (κ1) is 16.2. The van der Waals surface area contributed by atoms with E-state index in [-0.39, 0.29) is 30.8 Å². The van der Waals surface area contributed by atoms with Gasteiger partial charge in [0.2, 0.25) is 0 Å². The summed E-state index contributed by atoms with van der Waals surface area (Å²) in [6.07, 6.45) is 1.44. The maximum atomic E-state index is 12.7. The SMILES string of the molecule is N#C/C(=C/Nc1ccc(F)cc1)C(=O)NCCCC(=O)O. The van der Waals surface area contributed by atoms with Gasteiger partial charge in [-0.25, -0.2) is 4.39 Å². The fourth-order valence-electron chi connectivity index (χ4n) is 1.39. The van der Waals surface area contributed by atoms with Gasteiger partial charge in [-0.1, -0.05) is 0 Å². The largest absolute Gasteiger partial charge is 0.481 e. The summed E-state index contributed by atoms with van der Waals surface area (Å²) in [4.78, 5) is 21.9. The second-order valence-electron chi connectivity index (χ2n) is 4.07. The van der Waals surface area contributed by atoms with Crippen molar-refractivity contribution < 1.29 is 19.1 Å². The molecule has 0 saturated carbocycles. The molecule has 0 aliphatic carbocycles. The minimum absolute atomic E-state index is 0.0558. The van der Waals surface area contributed by atoms with Crippen molar-refractivity contribution in [2.45, 2.75) is 12.8 Å². The van der Waals surface area contributed by atoms with Crippen LogP contribution in [0.2, 0.25) is 0 Å². The lowest BCUT2D eigenvalue weighted by Gasteiger charge is -2.04. The molecular formula is C14H14FN3O3. The summed E-state index contributed by atoms with van der Waals surface area (Å²) in [6, 6.07) is 7.15. The number of amides is 1. The van der Waals surface area contributed by atoms with E-state index < -0.39 is 11.9 Å². The van der Waals surface area contributed by atoms with Crippen molar-refractivity contribution >= 4 is 17.6 Å². The van der Waals surface area contributed by atoms with Crippen LogP contribution in [0.4, 0.5) is 10.1 Å². The zero-order valence-electron chi connectivity index (χ0n) is 11.1. The number of nitriles is 1. The Balaban J connectivity index is 2.51. The highest BCUT2D eigenvalue weighted by atomic mass is 19.1. The third-order valence-electron chi connectivity index (χ3n) is 2.45. The molecule has 0 heterocycles. The van der Waals surface area contributed by atoms with Crippen LogP contribution in [0.5, 0.6) is 0 Å². The predicted octanol–water partition coefficient (Wildman–Crippen LogP) is 1.63. The molecule has 0 aromatic heterocycles. The molecule has 0 saturated heterocycles. The quantitative estimate of drug-likeness (QED) is 0.402. The summed E-state index contributed by atoms with van der Waals surface area (Å²) >= 11 is 0. The molecule has 0 bridgehead atoms. The van der Waals surface area contributed by atoms with E-state index in [1.54, 1.807) is 6.07 Å². The van der Waals surface area contributed by atoms with Gasteiger partial charge in [0, 0.05) is 24.9 Å². The highest BCUT2D eigenvalue weighted by Crippen LogP contribution is 2.08. The Kier molecular flexibility index (Phi) is 6.41. The van der Waals surface area contributed by atoms with Crippen LogP contribution in [-0.2, 0) is 9.59 Å². The number of carboxylic acids is 1. The molecule has 0 aliphatic heterocycles. The minimum atomic E-state index is -0.946. The number of carboxylic acid groups (broad SMARTS) is 1. The van der Waals surface area contributed by atoms with Gasteiger partial charge >= 0.3 is 5.97 Å². The van der Waals surface area contributed by atoms with Gasteiger partial charge in [0.15, 0.2) is 0 Å². The predicted molar refractivity (Wildman–Crippen MR) is 73.6 cm³/mol. The molecule has 1 amide bonds. The Labute approximate surface area is 120 Å². The van der Waals surface area contributed by atoms with E-state index >= 15 is 0 Å². The number of carbonyl (C=O) groups is 2. The van der Waals surface area contributed by atoms with Crippen LogP contribution >= 0.6 is 0 Å². The van der Waals surface area contributed by atoms with E-state index in [2.05, 4.69) is 10.6 Å². The van der Waals surface area contributed by atoms with Crippen molar-refractivity contribution in [2.24, 2.45) is 0 Å². The lowest BCUT2D eigenvalue weighted by molar-refractivity contribution is -0.137. The lowest BCUT2D eigenvalue weighted by Crippen LogP contribution is -2.26. The molecule has 0 aliphatic rings. The van der Waals surface area contributed by atoms with Crippen LogP contribution in [0.25, 0.3) is 0 Å². The number of carbonyl (C=O) groups excluding carboxylic acids is 1. The maximum Gasteiger partial charge on any atom is 0.303 e. The number of hydrogen-bond acceptors (Lipinski definition) is 4. The van der Waals surface area contributed by atoms with E-state index in [9.17, 15) is 14.0 Å². The van der Waals surface area contributed by atoms with Gasteiger partial charge < -0.3 is 15.7 Å². The molecule has 110 valence electrons. The summed E-state index contributed by atoms with van der Waals surface area (Å²) in [5.41, 5.74) is 0.373. The smallest absolute Gasteiger partial charge is 0.303 e. The van der Waals surface area contributed by atoms with Gasteiger partial charge in [0.1, 0.15) is 17.5 Å². The first-order chi connectivity index (χ1) is 10.0. The number of anilines is 1. The molecule has 21 heavy (non-hydrogen) atoms. The van der Waals surface area contributed by atoms with Crippen molar-refractivity contribution in [3.05, 3.63) is 41.9 Å². The average Bonchev–Trinajstić information content (AvgIpc) is 2.46. The molecule has 0 fully saturated rings. The summed E-state index contributed by atoms with van der Waals surface area (Å²) in [5, 5.41) is 22.5.